The molecule has 2 aromatic rings. The van der Waals surface area contributed by atoms with Crippen LogP contribution in [0.1, 0.15) is 4.88 Å². The highest BCUT2D eigenvalue weighted by molar-refractivity contribution is 7.07. The van der Waals surface area contributed by atoms with E-state index >= 15 is 0 Å². The summed E-state index contributed by atoms with van der Waals surface area (Å²) in [6, 6.07) is 5.59. The average molecular weight is 303 g/mol. The van der Waals surface area contributed by atoms with Gasteiger partial charge in [0, 0.05) is 16.6 Å². The number of carbonyl (C=O) groups excluding carboxylic acids is 1. The van der Waals surface area contributed by atoms with Crippen molar-refractivity contribution in [1.82, 2.24) is 3.96 Å². The number of halogens is 2. The third kappa shape index (κ3) is 2.75. The fourth-order valence-electron chi connectivity index (χ4n) is 1.34. The molecule has 0 atom stereocenters. The first kappa shape index (κ1) is 13.1. The number of anilines is 1. The molecule has 0 saturated heterocycles. The van der Waals surface area contributed by atoms with Gasteiger partial charge in [0.1, 0.15) is 0 Å². The highest BCUT2D eigenvalue weighted by atomic mass is 35.5. The van der Waals surface area contributed by atoms with Crippen molar-refractivity contribution in [3.8, 4) is 0 Å². The van der Waals surface area contributed by atoms with Gasteiger partial charge >= 0.3 is 6.03 Å². The molecule has 18 heavy (non-hydrogen) atoms. The molecule has 4 nitrogen and oxygen atoms in total. The maximum atomic E-state index is 11.8. The molecular weight excluding hydrogens is 295 g/mol. The largest absolute Gasteiger partial charge is 0.342 e. The van der Waals surface area contributed by atoms with Gasteiger partial charge in [0.05, 0.1) is 10.0 Å². The van der Waals surface area contributed by atoms with Gasteiger partial charge in [-0.05, 0) is 25.1 Å². The number of hydrogen-bond acceptors (Lipinski definition) is 3. The number of benzene rings is 1. The van der Waals surface area contributed by atoms with E-state index in [-0.39, 0.29) is 5.56 Å². The summed E-state index contributed by atoms with van der Waals surface area (Å²) in [5.74, 6) is 0. The van der Waals surface area contributed by atoms with Crippen LogP contribution < -0.4 is 10.9 Å². The van der Waals surface area contributed by atoms with Gasteiger partial charge in [-0.25, -0.2) is 4.79 Å². The molecule has 1 heterocycles. The minimum atomic E-state index is -0.517. The molecule has 0 spiro atoms. The summed E-state index contributed by atoms with van der Waals surface area (Å²) in [6.45, 7) is 1.76. The summed E-state index contributed by atoms with van der Waals surface area (Å²) in [6.07, 6.45) is 0. The van der Waals surface area contributed by atoms with Gasteiger partial charge in [-0.1, -0.05) is 34.7 Å². The van der Waals surface area contributed by atoms with Crippen LogP contribution in [0.4, 0.5) is 10.5 Å². The minimum Gasteiger partial charge on any atom is -0.306 e. The third-order valence-corrected chi connectivity index (χ3v) is 3.79. The van der Waals surface area contributed by atoms with Crippen LogP contribution in [0.5, 0.6) is 0 Å². The van der Waals surface area contributed by atoms with Crippen LogP contribution in [-0.4, -0.2) is 9.99 Å². The van der Waals surface area contributed by atoms with Gasteiger partial charge in [-0.3, -0.25) is 4.79 Å². The van der Waals surface area contributed by atoms with Gasteiger partial charge < -0.3 is 5.32 Å². The Kier molecular flexibility index (Phi) is 3.75. The fourth-order valence-corrected chi connectivity index (χ4v) is 2.35. The quantitative estimate of drug-likeness (QED) is 0.875. The van der Waals surface area contributed by atoms with E-state index in [4.69, 9.17) is 23.2 Å². The Labute approximate surface area is 117 Å². The first-order valence-electron chi connectivity index (χ1n) is 4.94. The standard InChI is InChI=1S/C11H8Cl2N2O2S/c1-6-4-10(16)15(18-6)11(17)14-7-2-3-8(12)9(13)5-7/h2-5H,1H3,(H,14,17). The molecule has 94 valence electrons. The number of carbonyl (C=O) groups is 1. The monoisotopic (exact) mass is 302 g/mol. The van der Waals surface area contributed by atoms with Crippen molar-refractivity contribution in [1.29, 1.82) is 0 Å². The lowest BCUT2D eigenvalue weighted by atomic mass is 10.3. The topological polar surface area (TPSA) is 51.1 Å². The SMILES string of the molecule is Cc1cc(=O)n(C(=O)Nc2ccc(Cl)c(Cl)c2)s1. The number of nitrogens with one attached hydrogen (secondary N) is 1. The van der Waals surface area contributed by atoms with Crippen LogP contribution in [0.15, 0.2) is 29.1 Å². The number of aromatic nitrogens is 1. The maximum absolute atomic E-state index is 11.8. The van der Waals surface area contributed by atoms with Gasteiger partial charge in [-0.15, -0.1) is 0 Å². The summed E-state index contributed by atoms with van der Waals surface area (Å²) in [4.78, 5) is 24.1. The highest BCUT2D eigenvalue weighted by Gasteiger charge is 2.10. The van der Waals surface area contributed by atoms with E-state index in [2.05, 4.69) is 5.32 Å². The van der Waals surface area contributed by atoms with Crippen molar-refractivity contribution >= 4 is 46.5 Å². The molecule has 0 aliphatic heterocycles. The molecule has 0 unspecified atom stereocenters. The number of aryl methyl sites for hydroxylation is 1. The normalized spacial score (nSPS) is 10.4. The summed E-state index contributed by atoms with van der Waals surface area (Å²) >= 11 is 12.7. The van der Waals surface area contributed by atoms with Gasteiger partial charge in [0.15, 0.2) is 0 Å². The zero-order valence-corrected chi connectivity index (χ0v) is 11.6. The Hall–Kier alpha value is -1.30. The number of rotatable bonds is 1. The van der Waals surface area contributed by atoms with Crippen molar-refractivity contribution in [3.63, 3.8) is 0 Å². The third-order valence-electron chi connectivity index (χ3n) is 2.12. The van der Waals surface area contributed by atoms with Gasteiger partial charge in [0.25, 0.3) is 5.56 Å². The van der Waals surface area contributed by atoms with E-state index in [1.54, 1.807) is 19.1 Å². The van der Waals surface area contributed by atoms with Crippen molar-refractivity contribution in [2.75, 3.05) is 5.32 Å². The summed E-state index contributed by atoms with van der Waals surface area (Å²) in [5.41, 5.74) is 0.127. The van der Waals surface area contributed by atoms with E-state index in [0.717, 1.165) is 20.4 Å². The van der Waals surface area contributed by atoms with Gasteiger partial charge in [0.2, 0.25) is 0 Å². The first-order valence-corrected chi connectivity index (χ1v) is 6.46. The molecule has 2 rings (SSSR count). The number of amides is 1. The predicted octanol–water partition coefficient (Wildman–Crippen LogP) is 3.61. The van der Waals surface area contributed by atoms with Gasteiger partial charge in [-0.2, -0.15) is 3.96 Å². The first-order chi connectivity index (χ1) is 8.47. The lowest BCUT2D eigenvalue weighted by molar-refractivity contribution is 0.255. The van der Waals surface area contributed by atoms with Crippen molar-refractivity contribution in [2.45, 2.75) is 6.92 Å². The van der Waals surface area contributed by atoms with Crippen molar-refractivity contribution < 1.29 is 4.79 Å². The second-order valence-electron chi connectivity index (χ2n) is 3.54. The molecule has 0 saturated carbocycles. The fraction of sp³-hybridized carbons (Fsp3) is 0.0909. The lowest BCUT2D eigenvalue weighted by Crippen LogP contribution is -2.26. The van der Waals surface area contributed by atoms with E-state index in [1.165, 1.54) is 12.1 Å². The Bertz CT molecular complexity index is 663. The lowest BCUT2D eigenvalue weighted by Gasteiger charge is -2.05. The van der Waals surface area contributed by atoms with E-state index in [1.807, 2.05) is 0 Å². The zero-order valence-electron chi connectivity index (χ0n) is 9.24. The summed E-state index contributed by atoms with van der Waals surface area (Å²) < 4.78 is 1.04. The van der Waals surface area contributed by atoms with Crippen LogP contribution in [0, 0.1) is 6.92 Å². The second-order valence-corrected chi connectivity index (χ2v) is 5.54. The van der Waals surface area contributed by atoms with Crippen LogP contribution in [-0.2, 0) is 0 Å². The number of nitrogens with zero attached hydrogens (tertiary/aromatic N) is 1. The van der Waals surface area contributed by atoms with E-state index in [0.29, 0.717) is 15.7 Å². The molecule has 1 amide bonds. The van der Waals surface area contributed by atoms with Crippen molar-refractivity contribution in [2.24, 2.45) is 0 Å². The average Bonchev–Trinajstić information content (AvgIpc) is 2.63. The molecule has 0 fully saturated rings. The summed E-state index contributed by atoms with van der Waals surface area (Å²) in [7, 11) is 0. The molecule has 7 heteroatoms. The Balaban J connectivity index is 2.24. The molecule has 1 aromatic heterocycles. The minimum absolute atomic E-state index is 0.337. The molecule has 0 aliphatic rings. The van der Waals surface area contributed by atoms with E-state index in [9.17, 15) is 9.59 Å². The molecule has 0 aliphatic carbocycles. The smallest absolute Gasteiger partial charge is 0.306 e. The van der Waals surface area contributed by atoms with Crippen LogP contribution in [0.2, 0.25) is 10.0 Å². The molecule has 0 bridgehead atoms. The van der Waals surface area contributed by atoms with E-state index < -0.39 is 6.03 Å². The Morgan fingerprint density at radius 3 is 2.56 bits per heavy atom. The van der Waals surface area contributed by atoms with Crippen LogP contribution in [0.3, 0.4) is 0 Å². The molecule has 1 N–H and O–H groups in total. The Morgan fingerprint density at radius 1 is 1.28 bits per heavy atom. The zero-order chi connectivity index (χ0) is 13.3. The maximum Gasteiger partial charge on any atom is 0.342 e. The molecule has 0 radical (unpaired) electrons. The Morgan fingerprint density at radius 2 is 2.00 bits per heavy atom. The van der Waals surface area contributed by atoms with Crippen LogP contribution >= 0.6 is 34.7 Å². The summed E-state index contributed by atoms with van der Waals surface area (Å²) in [5, 5.41) is 3.31. The molecule has 1 aromatic carbocycles. The predicted molar refractivity (Wildman–Crippen MR) is 74.2 cm³/mol. The second kappa shape index (κ2) is 5.14. The van der Waals surface area contributed by atoms with Crippen molar-refractivity contribution in [3.05, 3.63) is 49.5 Å². The van der Waals surface area contributed by atoms with Crippen LogP contribution in [0.25, 0.3) is 0 Å². The molecular formula is C11H8Cl2N2O2S. The highest BCUT2D eigenvalue weighted by Crippen LogP contribution is 2.25. The number of hydrogen-bond donors (Lipinski definition) is 1.